The molecule has 7 nitrogen and oxygen atoms in total. The van der Waals surface area contributed by atoms with Crippen LogP contribution in [0.15, 0.2) is 41.4 Å². The second kappa shape index (κ2) is 5.41. The highest BCUT2D eigenvalue weighted by molar-refractivity contribution is 7.22. The van der Waals surface area contributed by atoms with E-state index in [0.29, 0.717) is 10.6 Å². The maximum Gasteiger partial charge on any atom is 0.270 e. The fourth-order valence-corrected chi connectivity index (χ4v) is 2.69. The molecule has 0 amide bonds. The number of aromatic nitrogens is 1. The van der Waals surface area contributed by atoms with Gasteiger partial charge in [-0.05, 0) is 18.2 Å². The third-order valence-corrected chi connectivity index (χ3v) is 3.85. The van der Waals surface area contributed by atoms with Crippen LogP contribution < -0.4 is 0 Å². The van der Waals surface area contributed by atoms with Gasteiger partial charge in [0.2, 0.25) is 5.13 Å². The number of phenolic OH excluding ortho intramolecular Hbond substituents is 2. The van der Waals surface area contributed by atoms with Crippen LogP contribution in [0.25, 0.3) is 10.2 Å². The minimum absolute atomic E-state index is 0.0633. The van der Waals surface area contributed by atoms with E-state index in [1.54, 1.807) is 12.1 Å². The van der Waals surface area contributed by atoms with Crippen LogP contribution in [-0.2, 0) is 0 Å². The van der Waals surface area contributed by atoms with Crippen molar-refractivity contribution >= 4 is 38.6 Å². The smallest absolute Gasteiger partial charge is 0.270 e. The lowest BCUT2D eigenvalue weighted by Crippen LogP contribution is -1.90. The van der Waals surface area contributed by atoms with Gasteiger partial charge in [0.05, 0.1) is 9.62 Å². The van der Waals surface area contributed by atoms with Crippen LogP contribution in [0.1, 0.15) is 5.56 Å². The summed E-state index contributed by atoms with van der Waals surface area (Å²) in [5.74, 6) is -0.0493. The van der Waals surface area contributed by atoms with Gasteiger partial charge in [0.1, 0.15) is 17.0 Å². The Balaban J connectivity index is 1.97. The van der Waals surface area contributed by atoms with E-state index in [1.165, 1.54) is 41.8 Å². The largest absolute Gasteiger partial charge is 0.507 e. The molecule has 1 aromatic heterocycles. The molecule has 2 N–H and O–H groups in total. The Hall–Kier alpha value is -3.00. The molecule has 1 heterocycles. The standard InChI is InChI=1S/C14H9N3O4S/c18-10-5-4-9(17(20)21)6-8(10)7-15-14-16-13-11(19)2-1-3-12(13)22-14/h1-7,18-19H/b15-7+. The lowest BCUT2D eigenvalue weighted by atomic mass is 10.2. The lowest BCUT2D eigenvalue weighted by Gasteiger charge is -1.97. The van der Waals surface area contributed by atoms with Crippen LogP contribution in [0.2, 0.25) is 0 Å². The molecule has 0 saturated heterocycles. The molecule has 22 heavy (non-hydrogen) atoms. The van der Waals surface area contributed by atoms with Gasteiger partial charge in [0, 0.05) is 23.9 Å². The Morgan fingerprint density at radius 1 is 1.23 bits per heavy atom. The van der Waals surface area contributed by atoms with Crippen molar-refractivity contribution in [1.82, 2.24) is 4.98 Å². The van der Waals surface area contributed by atoms with E-state index in [4.69, 9.17) is 0 Å². The maximum absolute atomic E-state index is 10.7. The number of thiazole rings is 1. The van der Waals surface area contributed by atoms with Gasteiger partial charge in [0.15, 0.2) is 0 Å². The highest BCUT2D eigenvalue weighted by atomic mass is 32.1. The maximum atomic E-state index is 10.7. The molecule has 0 bridgehead atoms. The number of nitro benzene ring substituents is 1. The lowest BCUT2D eigenvalue weighted by molar-refractivity contribution is -0.384. The topological polar surface area (TPSA) is 109 Å². The van der Waals surface area contributed by atoms with Crippen molar-refractivity contribution in [1.29, 1.82) is 0 Å². The highest BCUT2D eigenvalue weighted by Crippen LogP contribution is 2.33. The van der Waals surface area contributed by atoms with Gasteiger partial charge >= 0.3 is 0 Å². The minimum atomic E-state index is -0.549. The number of phenols is 2. The zero-order valence-corrected chi connectivity index (χ0v) is 11.8. The van der Waals surface area contributed by atoms with Gasteiger partial charge in [-0.15, -0.1) is 0 Å². The fraction of sp³-hybridized carbons (Fsp3) is 0. The van der Waals surface area contributed by atoms with E-state index in [-0.39, 0.29) is 22.7 Å². The average Bonchev–Trinajstić information content (AvgIpc) is 2.90. The third kappa shape index (κ3) is 2.59. The second-order valence-electron chi connectivity index (χ2n) is 4.38. The molecule has 0 spiro atoms. The number of benzene rings is 2. The van der Waals surface area contributed by atoms with Crippen LogP contribution in [0.5, 0.6) is 11.5 Å². The number of fused-ring (bicyclic) bond motifs is 1. The Kier molecular flexibility index (Phi) is 3.43. The summed E-state index contributed by atoms with van der Waals surface area (Å²) in [6.45, 7) is 0. The van der Waals surface area contributed by atoms with Crippen LogP contribution >= 0.6 is 11.3 Å². The molecular formula is C14H9N3O4S. The first kappa shape index (κ1) is 14.0. The van der Waals surface area contributed by atoms with Crippen LogP contribution in [-0.4, -0.2) is 26.3 Å². The highest BCUT2D eigenvalue weighted by Gasteiger charge is 2.10. The monoisotopic (exact) mass is 315 g/mol. The Bertz CT molecular complexity index is 904. The average molecular weight is 315 g/mol. The molecule has 0 aliphatic rings. The zero-order chi connectivity index (χ0) is 15.7. The Labute approximate surface area is 128 Å². The van der Waals surface area contributed by atoms with Crippen LogP contribution in [0.4, 0.5) is 10.8 Å². The molecule has 8 heteroatoms. The van der Waals surface area contributed by atoms with E-state index in [0.717, 1.165) is 4.70 Å². The molecule has 0 unspecified atom stereocenters. The van der Waals surface area contributed by atoms with Gasteiger partial charge in [0.25, 0.3) is 5.69 Å². The summed E-state index contributed by atoms with van der Waals surface area (Å²) in [7, 11) is 0. The van der Waals surface area contributed by atoms with Crippen LogP contribution in [0.3, 0.4) is 0 Å². The van der Waals surface area contributed by atoms with Crippen molar-refractivity contribution in [3.8, 4) is 11.5 Å². The predicted molar refractivity (Wildman–Crippen MR) is 83.3 cm³/mol. The van der Waals surface area contributed by atoms with E-state index in [9.17, 15) is 20.3 Å². The van der Waals surface area contributed by atoms with E-state index < -0.39 is 4.92 Å². The number of hydrogen-bond donors (Lipinski definition) is 2. The van der Waals surface area contributed by atoms with E-state index in [1.807, 2.05) is 0 Å². The Morgan fingerprint density at radius 2 is 2.05 bits per heavy atom. The summed E-state index contributed by atoms with van der Waals surface area (Å²) in [5, 5.41) is 30.5. The van der Waals surface area contributed by atoms with Crippen molar-refractivity contribution in [2.75, 3.05) is 0 Å². The quantitative estimate of drug-likeness (QED) is 0.437. The van der Waals surface area contributed by atoms with Gasteiger partial charge in [-0.1, -0.05) is 17.4 Å². The number of hydrogen-bond acceptors (Lipinski definition) is 7. The van der Waals surface area contributed by atoms with Crippen molar-refractivity contribution in [3.63, 3.8) is 0 Å². The van der Waals surface area contributed by atoms with Gasteiger partial charge in [-0.2, -0.15) is 0 Å². The van der Waals surface area contributed by atoms with Gasteiger partial charge < -0.3 is 10.2 Å². The fourth-order valence-electron chi connectivity index (χ4n) is 1.86. The molecule has 2 aromatic carbocycles. The summed E-state index contributed by atoms with van der Waals surface area (Å²) < 4.78 is 0.774. The summed E-state index contributed by atoms with van der Waals surface area (Å²) in [4.78, 5) is 18.5. The molecule has 3 aromatic rings. The zero-order valence-electron chi connectivity index (χ0n) is 11.0. The number of rotatable bonds is 3. The van der Waals surface area contributed by atoms with Crippen molar-refractivity contribution in [3.05, 3.63) is 52.1 Å². The first-order valence-corrected chi connectivity index (χ1v) is 6.96. The number of para-hydroxylation sites is 1. The first-order chi connectivity index (χ1) is 10.5. The minimum Gasteiger partial charge on any atom is -0.507 e. The molecule has 3 rings (SSSR count). The predicted octanol–water partition coefficient (Wildman–Crippen LogP) is 3.37. The summed E-state index contributed by atoms with van der Waals surface area (Å²) in [6, 6.07) is 8.71. The molecule has 0 aliphatic carbocycles. The van der Waals surface area contributed by atoms with Gasteiger partial charge in [-0.25, -0.2) is 9.98 Å². The molecule has 0 fully saturated rings. The number of aromatic hydroxyl groups is 2. The number of non-ortho nitro benzene ring substituents is 1. The van der Waals surface area contributed by atoms with Crippen LogP contribution in [0, 0.1) is 10.1 Å². The van der Waals surface area contributed by atoms with Crippen molar-refractivity contribution in [2.45, 2.75) is 0 Å². The summed E-state index contributed by atoms with van der Waals surface area (Å²) in [5.41, 5.74) is 0.529. The van der Waals surface area contributed by atoms with Gasteiger partial charge in [-0.3, -0.25) is 10.1 Å². The molecule has 0 saturated carbocycles. The summed E-state index contributed by atoms with van der Waals surface area (Å²) >= 11 is 1.26. The summed E-state index contributed by atoms with van der Waals surface area (Å²) in [6.07, 6.45) is 1.30. The van der Waals surface area contributed by atoms with E-state index in [2.05, 4.69) is 9.98 Å². The molecular weight excluding hydrogens is 306 g/mol. The molecule has 0 aliphatic heterocycles. The van der Waals surface area contributed by atoms with E-state index >= 15 is 0 Å². The number of aliphatic imine (C=N–C) groups is 1. The second-order valence-corrected chi connectivity index (χ2v) is 5.39. The number of nitro groups is 1. The number of nitrogens with zero attached hydrogens (tertiary/aromatic N) is 3. The van der Waals surface area contributed by atoms with Crippen molar-refractivity contribution < 1.29 is 15.1 Å². The SMILES string of the molecule is O=[N+]([O-])c1ccc(O)c(/C=N/c2nc3c(O)cccc3s2)c1. The first-order valence-electron chi connectivity index (χ1n) is 6.14. The Morgan fingerprint density at radius 3 is 2.77 bits per heavy atom. The normalized spacial score (nSPS) is 11.3. The van der Waals surface area contributed by atoms with Crippen molar-refractivity contribution in [2.24, 2.45) is 4.99 Å². The molecule has 110 valence electrons. The molecule has 0 atom stereocenters. The third-order valence-electron chi connectivity index (χ3n) is 2.92. The molecule has 0 radical (unpaired) electrons.